The van der Waals surface area contributed by atoms with E-state index in [1.165, 1.54) is 5.57 Å². The molecule has 0 aromatic heterocycles. The highest BCUT2D eigenvalue weighted by atomic mass is 16.6. The van der Waals surface area contributed by atoms with Crippen LogP contribution in [0, 0.1) is 34.0 Å². The molecule has 5 rings (SSSR count). The van der Waals surface area contributed by atoms with Gasteiger partial charge in [-0.25, -0.2) is 0 Å². The third kappa shape index (κ3) is 1.44. The quantitative estimate of drug-likeness (QED) is 0.528. The molecule has 2 bridgehead atoms. The molecule has 1 heterocycles. The number of ether oxygens (including phenoxy) is 1. The summed E-state index contributed by atoms with van der Waals surface area (Å²) in [4.78, 5) is 12.7. The molecule has 24 heavy (non-hydrogen) atoms. The van der Waals surface area contributed by atoms with E-state index in [-0.39, 0.29) is 28.6 Å². The third-order valence-corrected chi connectivity index (χ3v) is 8.75. The first-order valence-corrected chi connectivity index (χ1v) is 9.49. The maximum Gasteiger partial charge on any atom is 0.312 e. The van der Waals surface area contributed by atoms with Crippen molar-refractivity contribution >= 4 is 5.97 Å². The Labute approximate surface area is 143 Å². The summed E-state index contributed by atoms with van der Waals surface area (Å²) in [6, 6.07) is 0. The van der Waals surface area contributed by atoms with E-state index in [0.29, 0.717) is 5.92 Å². The third-order valence-electron chi connectivity index (χ3n) is 8.75. The predicted molar refractivity (Wildman–Crippen MR) is 87.9 cm³/mol. The minimum absolute atomic E-state index is 0.0111. The van der Waals surface area contributed by atoms with Gasteiger partial charge in [0.05, 0.1) is 17.6 Å². The van der Waals surface area contributed by atoms with Crippen LogP contribution < -0.4 is 0 Å². The van der Waals surface area contributed by atoms with E-state index in [4.69, 9.17) is 4.74 Å². The van der Waals surface area contributed by atoms with E-state index in [0.717, 1.165) is 38.5 Å². The van der Waals surface area contributed by atoms with Crippen LogP contribution >= 0.6 is 0 Å². The molecule has 0 aromatic carbocycles. The lowest BCUT2D eigenvalue weighted by Crippen LogP contribution is -2.68. The molecule has 9 atom stereocenters. The van der Waals surface area contributed by atoms with Gasteiger partial charge in [-0.1, -0.05) is 25.5 Å². The van der Waals surface area contributed by atoms with Gasteiger partial charge in [-0.3, -0.25) is 4.79 Å². The van der Waals surface area contributed by atoms with E-state index in [1.807, 2.05) is 6.92 Å². The van der Waals surface area contributed by atoms with Crippen molar-refractivity contribution in [2.24, 2.45) is 34.0 Å². The fourth-order valence-corrected chi connectivity index (χ4v) is 8.14. The summed E-state index contributed by atoms with van der Waals surface area (Å²) in [6.07, 6.45) is 3.74. The molecule has 4 nitrogen and oxygen atoms in total. The summed E-state index contributed by atoms with van der Waals surface area (Å²) in [7, 11) is 0. The molecule has 0 radical (unpaired) electrons. The molecule has 0 amide bonds. The summed E-state index contributed by atoms with van der Waals surface area (Å²) >= 11 is 0. The van der Waals surface area contributed by atoms with Gasteiger partial charge in [0, 0.05) is 11.3 Å². The molecule has 4 aliphatic carbocycles. The van der Waals surface area contributed by atoms with Crippen LogP contribution in [-0.4, -0.2) is 34.5 Å². The first-order chi connectivity index (χ1) is 11.2. The van der Waals surface area contributed by atoms with Crippen molar-refractivity contribution in [2.75, 3.05) is 0 Å². The van der Waals surface area contributed by atoms with Gasteiger partial charge in [0.15, 0.2) is 0 Å². The lowest BCUT2D eigenvalue weighted by atomic mass is 9.39. The molecule has 1 aliphatic heterocycles. The minimum atomic E-state index is -0.679. The number of hydrogen-bond donors (Lipinski definition) is 2. The normalized spacial score (nSPS) is 61.3. The number of aliphatic hydroxyl groups is 2. The molecule has 5 aliphatic rings. The molecule has 0 unspecified atom stereocenters. The number of allylic oxidation sites excluding steroid dienone is 1. The highest BCUT2D eigenvalue weighted by molar-refractivity contribution is 5.80. The van der Waals surface area contributed by atoms with Crippen LogP contribution in [0.15, 0.2) is 12.2 Å². The van der Waals surface area contributed by atoms with Crippen molar-refractivity contribution in [2.45, 2.75) is 70.7 Å². The average molecular weight is 332 g/mol. The van der Waals surface area contributed by atoms with E-state index in [1.54, 1.807) is 0 Å². The van der Waals surface area contributed by atoms with Gasteiger partial charge in [0.25, 0.3) is 0 Å². The Kier molecular flexibility index (Phi) is 2.74. The zero-order chi connectivity index (χ0) is 17.1. The first-order valence-electron chi connectivity index (χ1n) is 9.49. The molecule has 4 heteroatoms. The second-order valence-corrected chi connectivity index (χ2v) is 9.82. The summed E-state index contributed by atoms with van der Waals surface area (Å²) in [5.41, 5.74) is 0.142. The van der Waals surface area contributed by atoms with Crippen LogP contribution in [0.3, 0.4) is 0 Å². The molecular weight excluding hydrogens is 304 g/mol. The first kappa shape index (κ1) is 15.4. The smallest absolute Gasteiger partial charge is 0.312 e. The number of hydrogen-bond acceptors (Lipinski definition) is 4. The van der Waals surface area contributed by atoms with Crippen LogP contribution in [0.25, 0.3) is 0 Å². The van der Waals surface area contributed by atoms with Crippen molar-refractivity contribution < 1.29 is 19.7 Å². The second kappa shape index (κ2) is 4.27. The van der Waals surface area contributed by atoms with Crippen LogP contribution in [0.1, 0.15) is 52.4 Å². The van der Waals surface area contributed by atoms with Crippen molar-refractivity contribution in [3.63, 3.8) is 0 Å². The zero-order valence-electron chi connectivity index (χ0n) is 14.6. The van der Waals surface area contributed by atoms with Gasteiger partial charge in [0.2, 0.25) is 0 Å². The Morgan fingerprint density at radius 1 is 1.21 bits per heavy atom. The monoisotopic (exact) mass is 332 g/mol. The molecule has 5 fully saturated rings. The molecule has 1 spiro atoms. The standard InChI is InChI=1S/C20H28O4/c1-10-8-20-9-11(10)7-12(21)14(20)18(2)5-4-6-19(3)15(18)13(16(20)22)24-17(19)23/h11-16,21-22H,1,4-9H2,2-3H3/t11-,12-,13-,14+,15+,16+,18+,19-,20+/m1/s1. The molecule has 2 N–H and O–H groups in total. The lowest BCUT2D eigenvalue weighted by Gasteiger charge is -2.64. The van der Waals surface area contributed by atoms with Crippen molar-refractivity contribution in [1.82, 2.24) is 0 Å². The van der Waals surface area contributed by atoms with Gasteiger partial charge in [-0.15, -0.1) is 0 Å². The Morgan fingerprint density at radius 2 is 1.96 bits per heavy atom. The Hall–Kier alpha value is -0.870. The SMILES string of the molecule is C=C1C[C@]23C[C@H]1C[C@@H](O)[C@H]2[C@]1(C)CCC[C@@]2(C)C(=O)O[C@@H]([C@@H]3O)[C@@H]12. The van der Waals surface area contributed by atoms with E-state index < -0.39 is 23.7 Å². The average Bonchev–Trinajstić information content (AvgIpc) is 2.91. The highest BCUT2D eigenvalue weighted by Gasteiger charge is 2.76. The van der Waals surface area contributed by atoms with Gasteiger partial charge in [-0.05, 0) is 56.3 Å². The Morgan fingerprint density at radius 3 is 2.71 bits per heavy atom. The van der Waals surface area contributed by atoms with Crippen molar-refractivity contribution in [3.05, 3.63) is 12.2 Å². The van der Waals surface area contributed by atoms with Crippen molar-refractivity contribution in [1.29, 1.82) is 0 Å². The Balaban J connectivity index is 1.72. The number of aliphatic hydroxyl groups excluding tert-OH is 2. The molecule has 0 aromatic rings. The lowest BCUT2D eigenvalue weighted by molar-refractivity contribution is -0.244. The number of carbonyl (C=O) groups is 1. The molecule has 4 saturated carbocycles. The van der Waals surface area contributed by atoms with E-state index >= 15 is 0 Å². The van der Waals surface area contributed by atoms with Gasteiger partial charge in [-0.2, -0.15) is 0 Å². The maximum atomic E-state index is 12.7. The second-order valence-electron chi connectivity index (χ2n) is 9.82. The molecule has 132 valence electrons. The van der Waals surface area contributed by atoms with Gasteiger partial charge >= 0.3 is 5.97 Å². The number of rotatable bonds is 0. The van der Waals surface area contributed by atoms with Crippen LogP contribution in [0.4, 0.5) is 0 Å². The fraction of sp³-hybridized carbons (Fsp3) is 0.850. The summed E-state index contributed by atoms with van der Waals surface area (Å²) in [5, 5.41) is 22.4. The zero-order valence-corrected chi connectivity index (χ0v) is 14.6. The summed E-state index contributed by atoms with van der Waals surface area (Å²) in [5.74, 6) is 0.210. The highest BCUT2D eigenvalue weighted by Crippen LogP contribution is 2.74. The minimum Gasteiger partial charge on any atom is -0.459 e. The fourth-order valence-electron chi connectivity index (χ4n) is 8.14. The largest absolute Gasteiger partial charge is 0.459 e. The van der Waals surface area contributed by atoms with Gasteiger partial charge < -0.3 is 14.9 Å². The molecular formula is C20H28O4. The van der Waals surface area contributed by atoms with Gasteiger partial charge in [0.1, 0.15) is 6.10 Å². The van der Waals surface area contributed by atoms with Crippen LogP contribution in [0.2, 0.25) is 0 Å². The maximum absolute atomic E-state index is 12.7. The Bertz CT molecular complexity index is 644. The number of esters is 1. The topological polar surface area (TPSA) is 66.8 Å². The van der Waals surface area contributed by atoms with Crippen LogP contribution in [-0.2, 0) is 9.53 Å². The predicted octanol–water partition coefficient (Wildman–Crippen LogP) is 2.43. The molecule has 1 saturated heterocycles. The van der Waals surface area contributed by atoms with E-state index in [2.05, 4.69) is 13.5 Å². The summed E-state index contributed by atoms with van der Waals surface area (Å²) in [6.45, 7) is 8.52. The summed E-state index contributed by atoms with van der Waals surface area (Å²) < 4.78 is 5.82. The van der Waals surface area contributed by atoms with Crippen LogP contribution in [0.5, 0.6) is 0 Å². The number of fused-ring (bicyclic) bond motifs is 2. The van der Waals surface area contributed by atoms with E-state index in [9.17, 15) is 15.0 Å². The van der Waals surface area contributed by atoms with Crippen molar-refractivity contribution in [3.8, 4) is 0 Å². The number of carbonyl (C=O) groups excluding carboxylic acids is 1.